The van der Waals surface area contributed by atoms with E-state index >= 15 is 0 Å². The Morgan fingerprint density at radius 1 is 1.32 bits per heavy atom. The van der Waals surface area contributed by atoms with E-state index in [9.17, 15) is 15.0 Å². The normalized spacial score (nSPS) is 19.4. The molecule has 1 heterocycles. The molecule has 2 rings (SSSR count). The van der Waals surface area contributed by atoms with Gasteiger partial charge in [0.2, 0.25) is 0 Å². The molecule has 0 spiro atoms. The van der Waals surface area contributed by atoms with Crippen LogP contribution >= 0.6 is 0 Å². The number of nitrogens with zero attached hydrogens (tertiary/aromatic N) is 1. The third-order valence-electron chi connectivity index (χ3n) is 3.57. The van der Waals surface area contributed by atoms with Crippen molar-refractivity contribution in [2.75, 3.05) is 19.7 Å². The third kappa shape index (κ3) is 3.17. The molecule has 0 saturated carbocycles. The van der Waals surface area contributed by atoms with Crippen LogP contribution in [-0.2, 0) is 0 Å². The van der Waals surface area contributed by atoms with Crippen molar-refractivity contribution < 1.29 is 20.1 Å². The molecule has 0 aliphatic carbocycles. The first-order valence-corrected chi connectivity index (χ1v) is 6.54. The number of hydrogen-bond donors (Lipinski definition) is 3. The standard InChI is InChI=1S/C14H19NO4/c16-7-5-10-2-1-6-15(9-10)14(19)11-3-4-12(17)13(18)8-11/h3-4,8,10,16-18H,1-2,5-7,9H2. The van der Waals surface area contributed by atoms with Crippen LogP contribution in [0.4, 0.5) is 0 Å². The molecule has 1 fully saturated rings. The number of aliphatic hydroxyl groups excluding tert-OH is 1. The zero-order valence-corrected chi connectivity index (χ0v) is 10.7. The summed E-state index contributed by atoms with van der Waals surface area (Å²) in [6, 6.07) is 4.11. The molecule has 0 bridgehead atoms. The number of phenols is 2. The Labute approximate surface area is 112 Å². The smallest absolute Gasteiger partial charge is 0.254 e. The average Bonchev–Trinajstić information content (AvgIpc) is 2.42. The van der Waals surface area contributed by atoms with Crippen LogP contribution in [0, 0.1) is 5.92 Å². The number of benzene rings is 1. The molecular weight excluding hydrogens is 246 g/mol. The van der Waals surface area contributed by atoms with Gasteiger partial charge in [-0.1, -0.05) is 0 Å². The van der Waals surface area contributed by atoms with Gasteiger partial charge < -0.3 is 20.2 Å². The van der Waals surface area contributed by atoms with Crippen molar-refractivity contribution in [2.24, 2.45) is 5.92 Å². The summed E-state index contributed by atoms with van der Waals surface area (Å²) in [5.41, 5.74) is 0.375. The fourth-order valence-corrected chi connectivity index (χ4v) is 2.51. The lowest BCUT2D eigenvalue weighted by atomic mass is 9.94. The van der Waals surface area contributed by atoms with Gasteiger partial charge in [-0.05, 0) is 43.4 Å². The van der Waals surface area contributed by atoms with E-state index < -0.39 is 0 Å². The van der Waals surface area contributed by atoms with Gasteiger partial charge in [0.25, 0.3) is 5.91 Å². The van der Waals surface area contributed by atoms with Gasteiger partial charge in [0, 0.05) is 25.3 Å². The minimum absolute atomic E-state index is 0.141. The Bertz CT molecular complexity index is 459. The van der Waals surface area contributed by atoms with Crippen LogP contribution in [-0.4, -0.2) is 45.8 Å². The molecule has 0 radical (unpaired) electrons. The highest BCUT2D eigenvalue weighted by Gasteiger charge is 2.24. The molecule has 1 amide bonds. The molecule has 5 nitrogen and oxygen atoms in total. The van der Waals surface area contributed by atoms with Crippen LogP contribution in [0.1, 0.15) is 29.6 Å². The van der Waals surface area contributed by atoms with E-state index in [1.807, 2.05) is 0 Å². The molecule has 3 N–H and O–H groups in total. The van der Waals surface area contributed by atoms with Gasteiger partial charge in [-0.3, -0.25) is 4.79 Å². The lowest BCUT2D eigenvalue weighted by molar-refractivity contribution is 0.0653. The van der Waals surface area contributed by atoms with Gasteiger partial charge in [-0.15, -0.1) is 0 Å². The van der Waals surface area contributed by atoms with E-state index in [4.69, 9.17) is 5.11 Å². The summed E-state index contributed by atoms with van der Waals surface area (Å²) < 4.78 is 0. The van der Waals surface area contributed by atoms with Crippen molar-refractivity contribution >= 4 is 5.91 Å². The Balaban J connectivity index is 2.08. The van der Waals surface area contributed by atoms with E-state index in [1.165, 1.54) is 18.2 Å². The quantitative estimate of drug-likeness (QED) is 0.720. The lowest BCUT2D eigenvalue weighted by Gasteiger charge is -2.32. The summed E-state index contributed by atoms with van der Waals surface area (Å²) in [6.45, 7) is 1.48. The number of likely N-dealkylation sites (tertiary alicyclic amines) is 1. The Morgan fingerprint density at radius 2 is 2.11 bits per heavy atom. The zero-order valence-electron chi connectivity index (χ0n) is 10.7. The van der Waals surface area contributed by atoms with Crippen molar-refractivity contribution in [3.63, 3.8) is 0 Å². The van der Waals surface area contributed by atoms with Crippen molar-refractivity contribution in [1.82, 2.24) is 4.90 Å². The average molecular weight is 265 g/mol. The van der Waals surface area contributed by atoms with Crippen molar-refractivity contribution in [1.29, 1.82) is 0 Å². The van der Waals surface area contributed by atoms with Crippen LogP contribution in [0.25, 0.3) is 0 Å². The maximum Gasteiger partial charge on any atom is 0.254 e. The van der Waals surface area contributed by atoms with Gasteiger partial charge in [0.05, 0.1) is 0 Å². The Kier molecular flexibility index (Phi) is 4.27. The fourth-order valence-electron chi connectivity index (χ4n) is 2.51. The third-order valence-corrected chi connectivity index (χ3v) is 3.57. The summed E-state index contributed by atoms with van der Waals surface area (Å²) in [5.74, 6) is -0.311. The number of aliphatic hydroxyl groups is 1. The molecule has 104 valence electrons. The van der Waals surface area contributed by atoms with E-state index in [0.29, 0.717) is 31.0 Å². The molecule has 1 aliphatic heterocycles. The predicted octanol–water partition coefficient (Wildman–Crippen LogP) is 1.33. The summed E-state index contributed by atoms with van der Waals surface area (Å²) in [4.78, 5) is 14.0. The van der Waals surface area contributed by atoms with Gasteiger partial charge in [-0.2, -0.15) is 0 Å². The number of rotatable bonds is 3. The number of aromatic hydroxyl groups is 2. The second-order valence-electron chi connectivity index (χ2n) is 4.98. The van der Waals surface area contributed by atoms with E-state index in [2.05, 4.69) is 0 Å². The van der Waals surface area contributed by atoms with Crippen LogP contribution < -0.4 is 0 Å². The minimum Gasteiger partial charge on any atom is -0.504 e. The lowest BCUT2D eigenvalue weighted by Crippen LogP contribution is -2.40. The van der Waals surface area contributed by atoms with Gasteiger partial charge in [0.15, 0.2) is 11.5 Å². The molecule has 19 heavy (non-hydrogen) atoms. The van der Waals surface area contributed by atoms with E-state index in [1.54, 1.807) is 4.90 Å². The highest BCUT2D eigenvalue weighted by atomic mass is 16.3. The molecule has 5 heteroatoms. The molecule has 0 aromatic heterocycles. The number of piperidine rings is 1. The number of hydrogen-bond acceptors (Lipinski definition) is 4. The molecule has 1 aromatic carbocycles. The topological polar surface area (TPSA) is 81.0 Å². The molecule has 1 saturated heterocycles. The first-order valence-electron chi connectivity index (χ1n) is 6.54. The highest BCUT2D eigenvalue weighted by Crippen LogP contribution is 2.27. The van der Waals surface area contributed by atoms with Gasteiger partial charge >= 0.3 is 0 Å². The minimum atomic E-state index is -0.283. The van der Waals surface area contributed by atoms with Crippen LogP contribution in [0.5, 0.6) is 11.5 Å². The number of carbonyl (C=O) groups is 1. The van der Waals surface area contributed by atoms with Crippen molar-refractivity contribution in [2.45, 2.75) is 19.3 Å². The largest absolute Gasteiger partial charge is 0.504 e. The Morgan fingerprint density at radius 3 is 2.79 bits per heavy atom. The van der Waals surface area contributed by atoms with Gasteiger partial charge in [0.1, 0.15) is 0 Å². The maximum atomic E-state index is 12.3. The second-order valence-corrected chi connectivity index (χ2v) is 4.98. The molecular formula is C14H19NO4. The number of phenolic OH excluding ortho intramolecular Hbond substituents is 2. The molecule has 1 unspecified atom stereocenters. The van der Waals surface area contributed by atoms with Crippen LogP contribution in [0.2, 0.25) is 0 Å². The van der Waals surface area contributed by atoms with E-state index in [-0.39, 0.29) is 24.0 Å². The Hall–Kier alpha value is -1.75. The monoisotopic (exact) mass is 265 g/mol. The first-order chi connectivity index (χ1) is 9.11. The van der Waals surface area contributed by atoms with Crippen LogP contribution in [0.15, 0.2) is 18.2 Å². The number of carbonyl (C=O) groups excluding carboxylic acids is 1. The number of amides is 1. The highest BCUT2D eigenvalue weighted by molar-refractivity contribution is 5.95. The van der Waals surface area contributed by atoms with Gasteiger partial charge in [-0.25, -0.2) is 0 Å². The van der Waals surface area contributed by atoms with E-state index in [0.717, 1.165) is 12.8 Å². The summed E-state index contributed by atoms with van der Waals surface area (Å²) >= 11 is 0. The molecule has 1 aromatic rings. The predicted molar refractivity (Wildman–Crippen MR) is 70.1 cm³/mol. The second kappa shape index (κ2) is 5.93. The zero-order chi connectivity index (χ0) is 13.8. The molecule has 1 atom stereocenters. The SMILES string of the molecule is O=C(c1ccc(O)c(O)c1)N1CCCC(CCO)C1. The van der Waals surface area contributed by atoms with Crippen LogP contribution in [0.3, 0.4) is 0 Å². The summed E-state index contributed by atoms with van der Waals surface area (Å²) in [6.07, 6.45) is 2.68. The first kappa shape index (κ1) is 13.7. The maximum absolute atomic E-state index is 12.3. The molecule has 1 aliphatic rings. The fraction of sp³-hybridized carbons (Fsp3) is 0.500. The van der Waals surface area contributed by atoms with Crippen molar-refractivity contribution in [3.05, 3.63) is 23.8 Å². The summed E-state index contributed by atoms with van der Waals surface area (Å²) in [5, 5.41) is 27.6. The summed E-state index contributed by atoms with van der Waals surface area (Å²) in [7, 11) is 0. The van der Waals surface area contributed by atoms with Crippen molar-refractivity contribution in [3.8, 4) is 11.5 Å².